The molecule has 0 saturated heterocycles. The third-order valence-electron chi connectivity index (χ3n) is 4.94. The maximum Gasteiger partial charge on any atom is 0.268 e. The van der Waals surface area contributed by atoms with Gasteiger partial charge in [-0.2, -0.15) is 5.10 Å². The Morgan fingerprint density at radius 2 is 2.34 bits per heavy atom. The van der Waals surface area contributed by atoms with Crippen LogP contribution in [0.1, 0.15) is 22.6 Å². The van der Waals surface area contributed by atoms with Crippen LogP contribution in [-0.2, 0) is 13.0 Å². The standard InChI is InChI=1S/C20H21ClN6OS/c1-23-16(14(21)9-22)11-24-20(28)18-8-19(17-3-2-6-27(17)18)29-13-4-5-15-12(7-13)10-25-26-15/h4-5,7-10H,2-3,6,11,22H2,1H3,(H,24,28)(H,25,26)/b14-9+,23-16?. The summed E-state index contributed by atoms with van der Waals surface area (Å²) in [5.74, 6) is -0.145. The zero-order valence-corrected chi connectivity index (χ0v) is 17.5. The van der Waals surface area contributed by atoms with E-state index in [1.54, 1.807) is 18.8 Å². The highest BCUT2D eigenvalue weighted by molar-refractivity contribution is 7.99. The molecule has 0 saturated carbocycles. The highest BCUT2D eigenvalue weighted by Crippen LogP contribution is 2.37. The largest absolute Gasteiger partial charge is 0.403 e. The van der Waals surface area contributed by atoms with Gasteiger partial charge in [-0.1, -0.05) is 23.4 Å². The predicted octanol–water partition coefficient (Wildman–Crippen LogP) is 3.30. The highest BCUT2D eigenvalue weighted by atomic mass is 35.5. The lowest BCUT2D eigenvalue weighted by Gasteiger charge is -2.08. The first-order chi connectivity index (χ1) is 14.1. The van der Waals surface area contributed by atoms with Crippen molar-refractivity contribution in [1.29, 1.82) is 0 Å². The topological polar surface area (TPSA) is 101 Å². The molecule has 1 aromatic carbocycles. The molecule has 1 aliphatic rings. The molecule has 1 amide bonds. The monoisotopic (exact) mass is 428 g/mol. The van der Waals surface area contributed by atoms with Crippen LogP contribution in [0.4, 0.5) is 0 Å². The number of halogens is 1. The van der Waals surface area contributed by atoms with E-state index in [9.17, 15) is 4.79 Å². The number of nitrogens with two attached hydrogens (primary N) is 1. The third-order valence-corrected chi connectivity index (χ3v) is 6.35. The number of fused-ring (bicyclic) bond motifs is 2. The smallest absolute Gasteiger partial charge is 0.268 e. The number of amides is 1. The summed E-state index contributed by atoms with van der Waals surface area (Å²) in [4.78, 5) is 19.1. The van der Waals surface area contributed by atoms with Crippen LogP contribution >= 0.6 is 23.4 Å². The second kappa shape index (κ2) is 8.34. The Morgan fingerprint density at radius 3 is 3.14 bits per heavy atom. The van der Waals surface area contributed by atoms with Gasteiger partial charge < -0.3 is 15.6 Å². The van der Waals surface area contributed by atoms with Crippen molar-refractivity contribution in [1.82, 2.24) is 20.1 Å². The van der Waals surface area contributed by atoms with Crippen molar-refractivity contribution in [3.05, 3.63) is 53.1 Å². The average molecular weight is 429 g/mol. The van der Waals surface area contributed by atoms with E-state index >= 15 is 0 Å². The van der Waals surface area contributed by atoms with Crippen LogP contribution in [0.2, 0.25) is 0 Å². The second-order valence-corrected chi connectivity index (χ2v) is 8.21. The number of rotatable bonds is 6. The molecule has 0 fully saturated rings. The molecule has 4 rings (SSSR count). The molecule has 1 aliphatic heterocycles. The Kier molecular flexibility index (Phi) is 5.64. The molecule has 150 valence electrons. The van der Waals surface area contributed by atoms with Gasteiger partial charge in [-0.3, -0.25) is 14.9 Å². The molecule has 7 nitrogen and oxygen atoms in total. The Labute approximate surface area is 177 Å². The summed E-state index contributed by atoms with van der Waals surface area (Å²) in [6.45, 7) is 1.07. The van der Waals surface area contributed by atoms with Crippen LogP contribution in [0, 0.1) is 0 Å². The van der Waals surface area contributed by atoms with Crippen LogP contribution in [0.5, 0.6) is 0 Å². The lowest BCUT2D eigenvalue weighted by molar-refractivity contribution is 0.0950. The fraction of sp³-hybridized carbons (Fsp3) is 0.250. The molecule has 2 aromatic heterocycles. The van der Waals surface area contributed by atoms with Gasteiger partial charge in [0.05, 0.1) is 29.0 Å². The maximum atomic E-state index is 12.8. The van der Waals surface area contributed by atoms with E-state index in [2.05, 4.69) is 37.2 Å². The van der Waals surface area contributed by atoms with Crippen molar-refractivity contribution in [3.63, 3.8) is 0 Å². The zero-order valence-electron chi connectivity index (χ0n) is 15.9. The summed E-state index contributed by atoms with van der Waals surface area (Å²) in [5.41, 5.74) is 8.86. The van der Waals surface area contributed by atoms with E-state index in [1.807, 2.05) is 18.3 Å². The van der Waals surface area contributed by atoms with E-state index in [0.717, 1.165) is 40.1 Å². The van der Waals surface area contributed by atoms with Crippen molar-refractivity contribution >= 4 is 45.9 Å². The van der Waals surface area contributed by atoms with Crippen LogP contribution < -0.4 is 11.1 Å². The molecule has 0 aliphatic carbocycles. The number of aromatic amines is 1. The van der Waals surface area contributed by atoms with Crippen LogP contribution in [0.25, 0.3) is 10.9 Å². The quantitative estimate of drug-likeness (QED) is 0.524. The molecular formula is C20H21ClN6OS. The molecule has 0 spiro atoms. The first kappa shape index (κ1) is 19.6. The Bertz CT molecular complexity index is 1130. The van der Waals surface area contributed by atoms with Crippen molar-refractivity contribution in [2.24, 2.45) is 10.7 Å². The van der Waals surface area contributed by atoms with Crippen molar-refractivity contribution in [2.75, 3.05) is 13.6 Å². The van der Waals surface area contributed by atoms with Crippen LogP contribution in [0.3, 0.4) is 0 Å². The van der Waals surface area contributed by atoms with Gasteiger partial charge in [-0.15, -0.1) is 0 Å². The van der Waals surface area contributed by atoms with E-state index < -0.39 is 0 Å². The zero-order chi connectivity index (χ0) is 20.4. The van der Waals surface area contributed by atoms with Gasteiger partial charge in [0, 0.05) is 40.7 Å². The minimum atomic E-state index is -0.145. The van der Waals surface area contributed by atoms with Crippen LogP contribution in [0.15, 0.2) is 56.5 Å². The summed E-state index contributed by atoms with van der Waals surface area (Å²) < 4.78 is 2.11. The number of H-pyrrole nitrogens is 1. The fourth-order valence-electron chi connectivity index (χ4n) is 3.49. The number of aliphatic imine (C=N–C) groups is 1. The Balaban J connectivity index is 1.55. The molecule has 0 unspecified atom stereocenters. The summed E-state index contributed by atoms with van der Waals surface area (Å²) in [7, 11) is 1.62. The number of nitrogens with one attached hydrogen (secondary N) is 2. The summed E-state index contributed by atoms with van der Waals surface area (Å²) in [5, 5.41) is 11.3. The molecule has 29 heavy (non-hydrogen) atoms. The van der Waals surface area contributed by atoms with E-state index in [0.29, 0.717) is 16.4 Å². The summed E-state index contributed by atoms with van der Waals surface area (Å²) in [6, 6.07) is 8.16. The molecule has 0 atom stereocenters. The molecule has 9 heteroatoms. The van der Waals surface area contributed by atoms with E-state index in [4.69, 9.17) is 17.3 Å². The highest BCUT2D eigenvalue weighted by Gasteiger charge is 2.24. The number of nitrogens with zero attached hydrogens (tertiary/aromatic N) is 3. The first-order valence-electron chi connectivity index (χ1n) is 9.25. The van der Waals surface area contributed by atoms with Gasteiger partial charge in [0.1, 0.15) is 5.69 Å². The molecule has 0 radical (unpaired) electrons. The average Bonchev–Trinajstić information content (AvgIpc) is 3.45. The van der Waals surface area contributed by atoms with Crippen LogP contribution in [-0.4, -0.2) is 40.0 Å². The summed E-state index contributed by atoms with van der Waals surface area (Å²) in [6.07, 6.45) is 5.09. The lowest BCUT2D eigenvalue weighted by atomic mass is 10.3. The van der Waals surface area contributed by atoms with Crippen molar-refractivity contribution in [3.8, 4) is 0 Å². The van der Waals surface area contributed by atoms with Crippen molar-refractivity contribution < 1.29 is 4.79 Å². The number of carbonyl (C=O) groups excluding carboxylic acids is 1. The van der Waals surface area contributed by atoms with Gasteiger partial charge >= 0.3 is 0 Å². The Hall–Kier alpha value is -2.71. The Morgan fingerprint density at radius 1 is 1.48 bits per heavy atom. The van der Waals surface area contributed by atoms with Gasteiger partial charge in [0.15, 0.2) is 0 Å². The predicted molar refractivity (Wildman–Crippen MR) is 117 cm³/mol. The SMILES string of the molecule is CN=C(CNC(=O)c1cc(Sc2ccc3[nH]ncc3c2)c2n1CCC2)/C(Cl)=C\N. The van der Waals surface area contributed by atoms with Crippen molar-refractivity contribution in [2.45, 2.75) is 29.2 Å². The third kappa shape index (κ3) is 3.90. The summed E-state index contributed by atoms with van der Waals surface area (Å²) >= 11 is 7.69. The first-order valence-corrected chi connectivity index (χ1v) is 10.4. The van der Waals surface area contributed by atoms with E-state index in [-0.39, 0.29) is 12.5 Å². The number of carbonyl (C=O) groups is 1. The van der Waals surface area contributed by atoms with E-state index in [1.165, 1.54) is 11.9 Å². The molecule has 0 bridgehead atoms. The maximum absolute atomic E-state index is 12.8. The number of aromatic nitrogens is 3. The van der Waals surface area contributed by atoms with Gasteiger partial charge in [0.2, 0.25) is 0 Å². The molecular weight excluding hydrogens is 408 g/mol. The fourth-order valence-corrected chi connectivity index (χ4v) is 4.72. The number of hydrogen-bond acceptors (Lipinski definition) is 5. The molecule has 3 heterocycles. The second-order valence-electron chi connectivity index (χ2n) is 6.68. The van der Waals surface area contributed by atoms with Gasteiger partial charge in [-0.05, 0) is 37.1 Å². The minimum Gasteiger partial charge on any atom is -0.403 e. The normalized spacial score (nSPS) is 14.4. The molecule has 3 aromatic rings. The van der Waals surface area contributed by atoms with Gasteiger partial charge in [0.25, 0.3) is 5.91 Å². The number of benzene rings is 1. The lowest BCUT2D eigenvalue weighted by Crippen LogP contribution is -2.31. The molecule has 4 N–H and O–H groups in total. The number of hydrogen-bond donors (Lipinski definition) is 3. The van der Waals surface area contributed by atoms with Gasteiger partial charge in [-0.25, -0.2) is 0 Å². The minimum absolute atomic E-state index is 0.145.